The standard InChI is InChI=1S/C64H62N2O3/c1-63(2,3)53-25-13-21-47-49-23-15-27-55(61(49)68-59(47)53)65(43-17-9-7-10-18-43)45-31-29-39-35-51-52-36-40-30-32-46(34-42(40)38-58(52)67-57(51)37-41(39)33-45)66(44-19-11-8-12-20-44)56-28-16-24-50-48-22-14-26-54(64(4,5)6)60(48)69-62(50)56/h7-38,47-52,57-62H,1-6H3. The SMILES string of the molecule is CC(C)(C)C1=CC=CC2C1OC1C(N(c3ccccc3)c3ccc4c(c3)=CC3OC5C=c6cc(N(C7=CC=CC8C7OC7C(C(C)(C)C)=CC=CC78)c7ccccc7)ccc6=CC5C3C=4)=CC=CC12. The highest BCUT2D eigenvalue weighted by atomic mass is 16.5. The van der Waals surface area contributed by atoms with E-state index in [4.69, 9.17) is 14.2 Å². The molecule has 3 saturated heterocycles. The molecule has 4 aromatic carbocycles. The zero-order valence-corrected chi connectivity index (χ0v) is 40.5. The van der Waals surface area contributed by atoms with Crippen LogP contribution in [-0.4, -0.2) is 36.6 Å². The Morgan fingerprint density at radius 2 is 0.754 bits per heavy atom. The molecule has 3 aliphatic heterocycles. The zero-order chi connectivity index (χ0) is 46.8. The minimum absolute atomic E-state index is 0.0215. The van der Waals surface area contributed by atoms with Gasteiger partial charge in [0.1, 0.15) is 12.2 Å². The molecule has 0 saturated carbocycles. The summed E-state index contributed by atoms with van der Waals surface area (Å²) in [7, 11) is 0. The molecule has 0 radical (unpaired) electrons. The predicted octanol–water partition coefficient (Wildman–Crippen LogP) is 10.8. The number of para-hydroxylation sites is 2. The first-order chi connectivity index (χ1) is 33.5. The van der Waals surface area contributed by atoms with Crippen LogP contribution in [0.1, 0.15) is 41.5 Å². The van der Waals surface area contributed by atoms with Crippen LogP contribution in [0, 0.1) is 46.3 Å². The van der Waals surface area contributed by atoms with Crippen molar-refractivity contribution in [2.45, 2.75) is 78.2 Å². The highest BCUT2D eigenvalue weighted by molar-refractivity contribution is 5.73. The van der Waals surface area contributed by atoms with Crippen molar-refractivity contribution in [2.24, 2.45) is 46.3 Å². The topological polar surface area (TPSA) is 34.2 Å². The normalized spacial score (nSPS) is 31.7. The van der Waals surface area contributed by atoms with Gasteiger partial charge < -0.3 is 24.0 Å². The molecular weight excluding hydrogens is 845 g/mol. The van der Waals surface area contributed by atoms with Gasteiger partial charge in [-0.25, -0.2) is 0 Å². The number of nitrogens with zero attached hydrogens (tertiary/aromatic N) is 2. The highest BCUT2D eigenvalue weighted by Crippen LogP contribution is 2.52. The first kappa shape index (κ1) is 42.8. The van der Waals surface area contributed by atoms with E-state index in [0.717, 1.165) is 22.7 Å². The lowest BCUT2D eigenvalue weighted by Gasteiger charge is -2.34. The molecule has 346 valence electrons. The molecule has 0 aromatic heterocycles. The minimum Gasteiger partial charge on any atom is -0.366 e. The van der Waals surface area contributed by atoms with Gasteiger partial charge in [0.15, 0.2) is 0 Å². The number of ether oxygens (including phenoxy) is 3. The Morgan fingerprint density at radius 3 is 1.16 bits per heavy atom. The lowest BCUT2D eigenvalue weighted by molar-refractivity contribution is 0.0629. The largest absolute Gasteiger partial charge is 0.366 e. The van der Waals surface area contributed by atoms with Crippen molar-refractivity contribution in [3.05, 3.63) is 213 Å². The minimum atomic E-state index is -0.0751. The summed E-state index contributed by atoms with van der Waals surface area (Å²) in [6.07, 6.45) is 37.2. The van der Waals surface area contributed by atoms with Crippen LogP contribution in [0.2, 0.25) is 0 Å². The first-order valence-corrected chi connectivity index (χ1v) is 25.4. The summed E-state index contributed by atoms with van der Waals surface area (Å²) in [6.45, 7) is 13.8. The van der Waals surface area contributed by atoms with E-state index in [9.17, 15) is 0 Å². The monoisotopic (exact) mass is 906 g/mol. The average molecular weight is 907 g/mol. The van der Waals surface area contributed by atoms with Gasteiger partial charge in [-0.05, 0) is 116 Å². The van der Waals surface area contributed by atoms with Crippen LogP contribution in [0.5, 0.6) is 0 Å². The van der Waals surface area contributed by atoms with Crippen molar-refractivity contribution in [2.75, 3.05) is 9.80 Å². The zero-order valence-electron chi connectivity index (χ0n) is 40.5. The maximum atomic E-state index is 7.18. The Bertz CT molecular complexity index is 3040. The summed E-state index contributed by atoms with van der Waals surface area (Å²) in [5, 5.41) is 4.94. The molecule has 0 N–H and O–H groups in total. The second-order valence-electron chi connectivity index (χ2n) is 22.6. The van der Waals surface area contributed by atoms with Gasteiger partial charge in [0.25, 0.3) is 0 Å². The molecule has 5 heteroatoms. The van der Waals surface area contributed by atoms with Crippen LogP contribution in [0.3, 0.4) is 0 Å². The molecule has 5 nitrogen and oxygen atoms in total. The van der Waals surface area contributed by atoms with Gasteiger partial charge in [-0.3, -0.25) is 0 Å². The smallest absolute Gasteiger partial charge is 0.106 e. The van der Waals surface area contributed by atoms with E-state index in [1.807, 2.05) is 0 Å². The molecular formula is C64H62N2O3. The third-order valence-corrected chi connectivity index (χ3v) is 16.4. The van der Waals surface area contributed by atoms with E-state index >= 15 is 0 Å². The van der Waals surface area contributed by atoms with Gasteiger partial charge in [-0.2, -0.15) is 0 Å². The van der Waals surface area contributed by atoms with Gasteiger partial charge in [-0.15, -0.1) is 0 Å². The Morgan fingerprint density at radius 1 is 0.362 bits per heavy atom. The van der Waals surface area contributed by atoms with E-state index in [1.54, 1.807) is 0 Å². The fraction of sp³-hybridized carbons (Fsp3) is 0.312. The lowest BCUT2D eigenvalue weighted by Crippen LogP contribution is -2.38. The molecule has 13 rings (SSSR count). The van der Waals surface area contributed by atoms with Crippen LogP contribution in [0.4, 0.5) is 22.7 Å². The van der Waals surface area contributed by atoms with Gasteiger partial charge in [0, 0.05) is 58.3 Å². The van der Waals surface area contributed by atoms with E-state index in [0.29, 0.717) is 11.8 Å². The Kier molecular flexibility index (Phi) is 10.0. The fourth-order valence-electron chi connectivity index (χ4n) is 13.1. The maximum absolute atomic E-state index is 7.18. The van der Waals surface area contributed by atoms with E-state index in [-0.39, 0.29) is 71.1 Å². The number of anilines is 4. The number of rotatable bonds is 6. The molecule has 69 heavy (non-hydrogen) atoms. The lowest BCUT2D eigenvalue weighted by atomic mass is 9.73. The van der Waals surface area contributed by atoms with Crippen LogP contribution in [-0.2, 0) is 14.2 Å². The molecule has 4 aromatic rings. The molecule has 3 heterocycles. The second-order valence-corrected chi connectivity index (χ2v) is 22.6. The van der Waals surface area contributed by atoms with Crippen molar-refractivity contribution >= 4 is 47.1 Å². The number of allylic oxidation sites excluding steroid dienone is 8. The summed E-state index contributed by atoms with van der Waals surface area (Å²) in [6, 6.07) is 35.5. The van der Waals surface area contributed by atoms with Crippen LogP contribution < -0.4 is 30.7 Å². The van der Waals surface area contributed by atoms with E-state index in [1.165, 1.54) is 43.4 Å². The van der Waals surface area contributed by atoms with Gasteiger partial charge in [0.05, 0.1) is 35.8 Å². The number of hydrogen-bond acceptors (Lipinski definition) is 5. The van der Waals surface area contributed by atoms with Crippen molar-refractivity contribution in [3.63, 3.8) is 0 Å². The summed E-state index contributed by atoms with van der Waals surface area (Å²) >= 11 is 0. The molecule has 12 unspecified atom stereocenters. The summed E-state index contributed by atoms with van der Waals surface area (Å²) < 4.78 is 21.4. The van der Waals surface area contributed by atoms with Crippen molar-refractivity contribution in [1.82, 2.24) is 0 Å². The first-order valence-electron chi connectivity index (χ1n) is 25.4. The number of hydrogen-bond donors (Lipinski definition) is 0. The fourth-order valence-corrected chi connectivity index (χ4v) is 13.1. The van der Waals surface area contributed by atoms with E-state index in [2.05, 4.69) is 246 Å². The summed E-state index contributed by atoms with van der Waals surface area (Å²) in [5.74, 6) is 1.59. The van der Waals surface area contributed by atoms with Crippen LogP contribution in [0.15, 0.2) is 193 Å². The van der Waals surface area contributed by atoms with Crippen molar-refractivity contribution < 1.29 is 14.2 Å². The molecule has 0 bridgehead atoms. The third-order valence-electron chi connectivity index (χ3n) is 16.4. The van der Waals surface area contributed by atoms with Gasteiger partial charge in [-0.1, -0.05) is 163 Å². The van der Waals surface area contributed by atoms with Crippen molar-refractivity contribution in [1.29, 1.82) is 0 Å². The highest BCUT2D eigenvalue weighted by Gasteiger charge is 2.51. The maximum Gasteiger partial charge on any atom is 0.106 e. The Hall–Kier alpha value is -6.24. The summed E-state index contributed by atoms with van der Waals surface area (Å²) in [5.41, 5.74) is 9.63. The molecule has 0 amide bonds. The van der Waals surface area contributed by atoms with Gasteiger partial charge >= 0.3 is 0 Å². The molecule has 6 aliphatic carbocycles. The molecule has 12 atom stereocenters. The molecule has 9 aliphatic rings. The quantitative estimate of drug-likeness (QED) is 0.193. The van der Waals surface area contributed by atoms with Gasteiger partial charge in [0.2, 0.25) is 0 Å². The van der Waals surface area contributed by atoms with Crippen molar-refractivity contribution in [3.8, 4) is 0 Å². The van der Waals surface area contributed by atoms with Crippen LogP contribution >= 0.6 is 0 Å². The number of fused-ring (bicyclic) bond motifs is 11. The predicted molar refractivity (Wildman–Crippen MR) is 281 cm³/mol. The Labute approximate surface area is 407 Å². The summed E-state index contributed by atoms with van der Waals surface area (Å²) in [4.78, 5) is 4.85. The number of benzene rings is 4. The molecule has 0 spiro atoms. The third kappa shape index (κ3) is 7.14. The average Bonchev–Trinajstić information content (AvgIpc) is 4.04. The Balaban J connectivity index is 0.814. The molecule has 3 fully saturated rings. The van der Waals surface area contributed by atoms with Crippen LogP contribution in [0.25, 0.3) is 24.3 Å². The van der Waals surface area contributed by atoms with E-state index < -0.39 is 0 Å². The second kappa shape index (κ2) is 16.2.